The summed E-state index contributed by atoms with van der Waals surface area (Å²) >= 11 is 1.08. The van der Waals surface area contributed by atoms with E-state index in [0.29, 0.717) is 5.75 Å². The molecule has 0 aromatic carbocycles. The van der Waals surface area contributed by atoms with Crippen molar-refractivity contribution in [1.29, 1.82) is 0 Å². The molecule has 306 valence electrons. The minimum Gasteiger partial charge on any atom is -0.385 e. The molecule has 0 radical (unpaired) electrons. The highest BCUT2D eigenvalue weighted by Crippen LogP contribution is 2.61. The third kappa shape index (κ3) is 12.5. The number of amides is 2. The van der Waals surface area contributed by atoms with Gasteiger partial charge in [-0.25, -0.2) is 28.6 Å². The van der Waals surface area contributed by atoms with Gasteiger partial charge in [-0.1, -0.05) is 39.5 Å². The van der Waals surface area contributed by atoms with Gasteiger partial charge < -0.3 is 50.9 Å². The van der Waals surface area contributed by atoms with Crippen molar-refractivity contribution in [2.45, 2.75) is 71.2 Å². The number of aliphatic hydroxyl groups excluding tert-OH is 2. The zero-order valence-corrected chi connectivity index (χ0v) is 33.1. The van der Waals surface area contributed by atoms with Crippen molar-refractivity contribution in [2.24, 2.45) is 11.3 Å². The van der Waals surface area contributed by atoms with Crippen LogP contribution in [0.15, 0.2) is 12.7 Å². The van der Waals surface area contributed by atoms with Gasteiger partial charge in [0, 0.05) is 36.6 Å². The van der Waals surface area contributed by atoms with Gasteiger partial charge in [0.25, 0.3) is 0 Å². The van der Waals surface area contributed by atoms with Crippen LogP contribution in [0.1, 0.15) is 41.0 Å². The van der Waals surface area contributed by atoms with Crippen LogP contribution in [0.3, 0.4) is 0 Å². The van der Waals surface area contributed by atoms with Crippen molar-refractivity contribution in [2.75, 3.05) is 37.8 Å². The lowest BCUT2D eigenvalue weighted by atomic mass is 9.87. The summed E-state index contributed by atoms with van der Waals surface area (Å²) < 4.78 is 62.5. The fraction of sp³-hybridized carbons (Fsp3) is 0.692. The lowest BCUT2D eigenvalue weighted by molar-refractivity contribution is -0.137. The van der Waals surface area contributed by atoms with Crippen LogP contribution < -0.4 is 16.4 Å². The summed E-state index contributed by atoms with van der Waals surface area (Å²) in [6.07, 6.45) is -5.48. The average molecular weight is 852 g/mol. The van der Waals surface area contributed by atoms with E-state index in [-0.39, 0.29) is 47.5 Å². The first-order valence-corrected chi connectivity index (χ1v) is 21.4. The number of aliphatic hydroxyl groups is 2. The minimum absolute atomic E-state index is 0.0179. The van der Waals surface area contributed by atoms with E-state index < -0.39 is 84.1 Å². The van der Waals surface area contributed by atoms with Gasteiger partial charge >= 0.3 is 23.5 Å². The monoisotopic (exact) mass is 851 g/mol. The van der Waals surface area contributed by atoms with E-state index in [2.05, 4.69) is 29.9 Å². The summed E-state index contributed by atoms with van der Waals surface area (Å²) in [6, 6.07) is 0. The van der Waals surface area contributed by atoms with E-state index in [1.165, 1.54) is 20.8 Å². The molecule has 24 nitrogen and oxygen atoms in total. The van der Waals surface area contributed by atoms with Crippen molar-refractivity contribution in [3.8, 4) is 0 Å². The number of fused-ring (bicyclic) bond motifs is 1. The molecular weight excluding hydrogens is 807 g/mol. The molecule has 0 saturated carbocycles. The van der Waals surface area contributed by atoms with Crippen molar-refractivity contribution >= 4 is 69.1 Å². The number of imidazole rings is 1. The smallest absolute Gasteiger partial charge is 0.385 e. The number of thioether (sulfide) groups is 1. The van der Waals surface area contributed by atoms with Gasteiger partial charge in [-0.3, -0.25) is 32.5 Å². The van der Waals surface area contributed by atoms with E-state index >= 15 is 0 Å². The molecule has 54 heavy (non-hydrogen) atoms. The Bertz CT molecular complexity index is 1810. The number of nitrogens with one attached hydrogen (secondary N) is 2. The predicted octanol–water partition coefficient (Wildman–Crippen LogP) is -0.505. The number of carbonyl (C=O) groups excluding carboxylic acids is 3. The molecule has 1 aliphatic rings. The summed E-state index contributed by atoms with van der Waals surface area (Å²) in [6.45, 7) is 5.25. The third-order valence-corrected chi connectivity index (χ3v) is 12.0. The number of anilines is 1. The SMILES string of the molecule is CC(C)C(=O)SCCNC(=O)CCNC(=O)C(O)C(C)(C)COP(=O)(O)OP(=O)(O)OCC1OC(C)(n2cnc3c(N)ncnc32)C(O)C1OP(=O)(O)O. The normalized spacial score (nSPS) is 23.5. The molecule has 3 rings (SSSR count). The van der Waals surface area contributed by atoms with E-state index in [1.54, 1.807) is 13.8 Å². The molecule has 10 N–H and O–H groups in total. The number of nitrogens with zero attached hydrogens (tertiary/aromatic N) is 4. The van der Waals surface area contributed by atoms with Crippen molar-refractivity contribution in [1.82, 2.24) is 30.2 Å². The fourth-order valence-corrected chi connectivity index (χ4v) is 8.32. The Labute approximate surface area is 312 Å². The number of ether oxygens (including phenoxy) is 1. The molecule has 1 fully saturated rings. The Morgan fingerprint density at radius 3 is 2.35 bits per heavy atom. The van der Waals surface area contributed by atoms with Gasteiger partial charge in [0.15, 0.2) is 22.3 Å². The largest absolute Gasteiger partial charge is 0.481 e. The van der Waals surface area contributed by atoms with Crippen molar-refractivity contribution in [3.05, 3.63) is 12.7 Å². The molecule has 7 unspecified atom stereocenters. The van der Waals surface area contributed by atoms with E-state index in [9.17, 15) is 57.9 Å². The number of hydrogen-bond acceptors (Lipinski definition) is 18. The number of nitrogens with two attached hydrogens (primary N) is 1. The van der Waals surface area contributed by atoms with Gasteiger partial charge in [0.1, 0.15) is 36.3 Å². The maximum atomic E-state index is 12.7. The number of phosphoric ester groups is 3. The van der Waals surface area contributed by atoms with Crippen LogP contribution in [0, 0.1) is 11.3 Å². The van der Waals surface area contributed by atoms with Gasteiger partial charge in [0.05, 0.1) is 19.5 Å². The van der Waals surface area contributed by atoms with Crippen LogP contribution in [0.25, 0.3) is 11.2 Å². The second-order valence-electron chi connectivity index (χ2n) is 13.0. The highest BCUT2D eigenvalue weighted by Gasteiger charge is 2.57. The molecule has 28 heteroatoms. The number of aromatic nitrogens is 4. The van der Waals surface area contributed by atoms with Gasteiger partial charge in [0.2, 0.25) is 11.8 Å². The predicted molar refractivity (Wildman–Crippen MR) is 187 cm³/mol. The first kappa shape index (κ1) is 45.9. The zero-order valence-electron chi connectivity index (χ0n) is 29.6. The van der Waals surface area contributed by atoms with Crippen molar-refractivity contribution < 1.29 is 80.5 Å². The highest BCUT2D eigenvalue weighted by atomic mass is 32.2. The zero-order chi connectivity index (χ0) is 40.9. The summed E-state index contributed by atoms with van der Waals surface area (Å²) in [5.74, 6) is -1.23. The molecule has 0 aliphatic carbocycles. The summed E-state index contributed by atoms with van der Waals surface area (Å²) in [5, 5.41) is 26.5. The van der Waals surface area contributed by atoms with E-state index in [1.807, 2.05) is 0 Å². The maximum absolute atomic E-state index is 12.7. The molecule has 7 atom stereocenters. The van der Waals surface area contributed by atoms with Gasteiger partial charge in [-0.05, 0) is 6.92 Å². The molecule has 2 aromatic rings. The summed E-state index contributed by atoms with van der Waals surface area (Å²) in [5.41, 5.74) is 2.31. The molecule has 0 spiro atoms. The van der Waals surface area contributed by atoms with Gasteiger partial charge in [-0.15, -0.1) is 0 Å². The Balaban J connectivity index is 1.56. The number of hydrogen-bond donors (Lipinski definition) is 9. The molecule has 1 aliphatic heterocycles. The van der Waals surface area contributed by atoms with Crippen LogP contribution in [0.5, 0.6) is 0 Å². The first-order chi connectivity index (χ1) is 24.8. The van der Waals surface area contributed by atoms with Crippen LogP contribution >= 0.6 is 35.2 Å². The quantitative estimate of drug-likeness (QED) is 0.0598. The number of nitrogen functional groups attached to an aromatic ring is 1. The molecule has 3 heterocycles. The fourth-order valence-electron chi connectivity index (χ4n) is 4.76. The second-order valence-corrected chi connectivity index (χ2v) is 18.3. The van der Waals surface area contributed by atoms with Crippen LogP contribution in [0.4, 0.5) is 5.82 Å². The van der Waals surface area contributed by atoms with Crippen LogP contribution in [-0.4, -0.2) is 123 Å². The molecule has 1 saturated heterocycles. The first-order valence-electron chi connectivity index (χ1n) is 15.9. The molecule has 2 aromatic heterocycles. The van der Waals surface area contributed by atoms with Gasteiger partial charge in [-0.2, -0.15) is 4.31 Å². The van der Waals surface area contributed by atoms with E-state index in [0.717, 1.165) is 29.0 Å². The summed E-state index contributed by atoms with van der Waals surface area (Å²) in [7, 11) is -16.4. The minimum atomic E-state index is -5.58. The van der Waals surface area contributed by atoms with Crippen LogP contribution in [-0.2, 0) is 56.4 Å². The average Bonchev–Trinajstić information content (AvgIpc) is 3.60. The van der Waals surface area contributed by atoms with Crippen LogP contribution in [0.2, 0.25) is 0 Å². The molecule has 0 bridgehead atoms. The Hall–Kier alpha value is -2.44. The number of phosphoric acid groups is 3. The Kier molecular flexibility index (Phi) is 15.5. The standard InChI is InChI=1S/C26H44N7O17P3S/c1-14(2)24(38)54-9-8-28-16(34)6-7-29-23(37)20(36)25(3,4)11-47-53(44,45)50-52(42,43)46-10-15-18(49-51(39,40)41)19(35)26(5,48-15)33-13-32-17-21(27)30-12-31-22(17)33/h12-15,18-20,35-36H,6-11H2,1-5H3,(H,28,34)(H,29,37)(H,42,43)(H,44,45)(H2,27,30,31)(H2,39,40,41). The topological polar surface area (TPSA) is 364 Å². The number of carbonyl (C=O) groups is 3. The lowest BCUT2D eigenvalue weighted by Gasteiger charge is -2.30. The molecule has 2 amide bonds. The Morgan fingerprint density at radius 1 is 1.07 bits per heavy atom. The highest BCUT2D eigenvalue weighted by molar-refractivity contribution is 8.13. The lowest BCUT2D eigenvalue weighted by Crippen LogP contribution is -2.46. The Morgan fingerprint density at radius 2 is 1.72 bits per heavy atom. The second kappa shape index (κ2) is 18.2. The summed E-state index contributed by atoms with van der Waals surface area (Å²) in [4.78, 5) is 87.3. The third-order valence-electron chi connectivity index (χ3n) is 7.70. The van der Waals surface area contributed by atoms with Crippen molar-refractivity contribution in [3.63, 3.8) is 0 Å². The molecular formula is C26H44N7O17P3S. The number of rotatable bonds is 20. The maximum Gasteiger partial charge on any atom is 0.481 e. The van der Waals surface area contributed by atoms with E-state index in [4.69, 9.17) is 24.0 Å².